The molecule has 3 N–H and O–H groups in total. The maximum Gasteiger partial charge on any atom is 0.241 e. The molecule has 1 aliphatic rings. The molecule has 178 valence electrons. The molecule has 3 rings (SSSR count). The highest BCUT2D eigenvalue weighted by Crippen LogP contribution is 2.25. The average molecular weight is 473 g/mol. The van der Waals surface area contributed by atoms with Gasteiger partial charge in [0.05, 0.1) is 4.90 Å². The molecule has 2 aromatic rings. The highest BCUT2D eigenvalue weighted by atomic mass is 32.2. The summed E-state index contributed by atoms with van der Waals surface area (Å²) in [5.74, 6) is -0.710. The number of aryl methyl sites for hydroxylation is 1. The van der Waals surface area contributed by atoms with Gasteiger partial charge in [0.2, 0.25) is 21.8 Å². The van der Waals surface area contributed by atoms with Crippen molar-refractivity contribution in [3.8, 4) is 0 Å². The van der Waals surface area contributed by atoms with Crippen LogP contribution in [0.25, 0.3) is 0 Å². The lowest BCUT2D eigenvalue weighted by Crippen LogP contribution is -2.49. The van der Waals surface area contributed by atoms with Crippen molar-refractivity contribution >= 4 is 33.2 Å². The summed E-state index contributed by atoms with van der Waals surface area (Å²) in [4.78, 5) is 26.7. The first-order valence-corrected chi connectivity index (χ1v) is 12.5. The third-order valence-electron chi connectivity index (χ3n) is 5.66. The van der Waals surface area contributed by atoms with E-state index in [1.165, 1.54) is 6.07 Å². The van der Waals surface area contributed by atoms with Gasteiger partial charge in [-0.15, -0.1) is 0 Å². The molecule has 0 saturated heterocycles. The van der Waals surface area contributed by atoms with Gasteiger partial charge in [0.25, 0.3) is 0 Å². The number of anilines is 2. The van der Waals surface area contributed by atoms with Crippen molar-refractivity contribution < 1.29 is 18.0 Å². The van der Waals surface area contributed by atoms with Gasteiger partial charge in [0.15, 0.2) is 0 Å². The number of hydrogen-bond donors (Lipinski definition) is 3. The monoisotopic (exact) mass is 472 g/mol. The summed E-state index contributed by atoms with van der Waals surface area (Å²) in [6, 6.07) is 11.5. The van der Waals surface area contributed by atoms with E-state index in [1.807, 2.05) is 43.3 Å². The summed E-state index contributed by atoms with van der Waals surface area (Å²) in [6.45, 7) is 3.90. The summed E-state index contributed by atoms with van der Waals surface area (Å²) in [5.41, 5.74) is 3.38. The van der Waals surface area contributed by atoms with Crippen LogP contribution in [0.2, 0.25) is 0 Å². The van der Waals surface area contributed by atoms with Crippen LogP contribution >= 0.6 is 0 Å². The molecule has 0 saturated carbocycles. The van der Waals surface area contributed by atoms with Gasteiger partial charge in [-0.05, 0) is 60.2 Å². The summed E-state index contributed by atoms with van der Waals surface area (Å²) < 4.78 is 28.7. The van der Waals surface area contributed by atoms with Gasteiger partial charge in [-0.1, -0.05) is 26.0 Å². The molecular formula is C24H32N4O4S. The molecule has 1 heterocycles. The molecule has 1 atom stereocenters. The zero-order chi connectivity index (χ0) is 24.2. The summed E-state index contributed by atoms with van der Waals surface area (Å²) >= 11 is 0. The van der Waals surface area contributed by atoms with E-state index in [1.54, 1.807) is 26.0 Å². The van der Waals surface area contributed by atoms with Crippen LogP contribution in [0, 0.1) is 5.92 Å². The molecule has 1 unspecified atom stereocenters. The lowest BCUT2D eigenvalue weighted by molar-refractivity contribution is -0.123. The van der Waals surface area contributed by atoms with Crippen LogP contribution in [0.1, 0.15) is 37.8 Å². The normalized spacial score (nSPS) is 14.8. The molecule has 1 aliphatic heterocycles. The number of nitrogens with one attached hydrogen (secondary N) is 3. The van der Waals surface area contributed by atoms with Crippen molar-refractivity contribution in [2.75, 3.05) is 24.3 Å². The van der Waals surface area contributed by atoms with E-state index < -0.39 is 16.1 Å². The maximum atomic E-state index is 13.1. The molecule has 33 heavy (non-hydrogen) atoms. The smallest absolute Gasteiger partial charge is 0.241 e. The van der Waals surface area contributed by atoms with Gasteiger partial charge < -0.3 is 15.5 Å². The molecular weight excluding hydrogens is 440 g/mol. The average Bonchev–Trinajstić information content (AvgIpc) is 2.95. The molecule has 0 bridgehead atoms. The number of fused-ring (bicyclic) bond motifs is 1. The second kappa shape index (κ2) is 10.4. The Hall–Kier alpha value is -2.91. The van der Waals surface area contributed by atoms with Crippen LogP contribution in [-0.2, 0) is 32.6 Å². The van der Waals surface area contributed by atoms with Gasteiger partial charge in [-0.2, -0.15) is 4.72 Å². The standard InChI is InChI=1S/C24H32N4O4S/c1-16(2)23(24(30)25-15-17-8-10-19(11-9-17)28(3)4)27-33(31,32)20-12-13-21-18(14-20)6-5-7-22(29)26-21/h8-14,16,23,27H,5-7,15H2,1-4H3,(H,25,30)(H,26,29). The zero-order valence-corrected chi connectivity index (χ0v) is 20.3. The predicted octanol–water partition coefficient (Wildman–Crippen LogP) is 2.65. The molecule has 0 radical (unpaired) electrons. The number of rotatable bonds is 8. The number of nitrogens with zero attached hydrogens (tertiary/aromatic N) is 1. The lowest BCUT2D eigenvalue weighted by Gasteiger charge is -2.22. The number of carbonyl (C=O) groups excluding carboxylic acids is 2. The molecule has 9 heteroatoms. The first-order valence-electron chi connectivity index (χ1n) is 11.1. The van der Waals surface area contributed by atoms with Crippen molar-refractivity contribution in [3.63, 3.8) is 0 Å². The highest BCUT2D eigenvalue weighted by molar-refractivity contribution is 7.89. The van der Waals surface area contributed by atoms with Crippen LogP contribution in [0.5, 0.6) is 0 Å². The molecule has 0 aromatic heterocycles. The molecule has 0 aliphatic carbocycles. The van der Waals surface area contributed by atoms with Gasteiger partial charge in [0.1, 0.15) is 6.04 Å². The fourth-order valence-corrected chi connectivity index (χ4v) is 5.05. The Bertz CT molecular complexity index is 1110. The van der Waals surface area contributed by atoms with Crippen molar-refractivity contribution in [1.82, 2.24) is 10.0 Å². The van der Waals surface area contributed by atoms with Gasteiger partial charge >= 0.3 is 0 Å². The van der Waals surface area contributed by atoms with E-state index in [-0.39, 0.29) is 22.6 Å². The van der Waals surface area contributed by atoms with Crippen LogP contribution in [0.3, 0.4) is 0 Å². The first-order chi connectivity index (χ1) is 15.6. The van der Waals surface area contributed by atoms with Crippen LogP contribution < -0.4 is 20.3 Å². The summed E-state index contributed by atoms with van der Waals surface area (Å²) in [7, 11) is -0.0263. The van der Waals surface area contributed by atoms with Gasteiger partial charge in [-0.25, -0.2) is 8.42 Å². The molecule has 0 spiro atoms. The van der Waals surface area contributed by atoms with Gasteiger partial charge in [-0.3, -0.25) is 9.59 Å². The van der Waals surface area contributed by atoms with Crippen LogP contribution in [-0.4, -0.2) is 40.4 Å². The molecule has 8 nitrogen and oxygen atoms in total. The third-order valence-corrected chi connectivity index (χ3v) is 7.10. The Kier molecular flexibility index (Phi) is 7.76. The lowest BCUT2D eigenvalue weighted by atomic mass is 10.0. The SMILES string of the molecule is CC(C)C(NS(=O)(=O)c1ccc2c(c1)CCCC(=O)N2)C(=O)NCc1ccc(N(C)C)cc1. The molecule has 2 amide bonds. The van der Waals surface area contributed by atoms with Crippen molar-refractivity contribution in [2.45, 2.75) is 50.6 Å². The Balaban J connectivity index is 1.71. The number of amides is 2. The fraction of sp³-hybridized carbons (Fsp3) is 0.417. The second-order valence-electron chi connectivity index (χ2n) is 8.84. The number of sulfonamides is 1. The van der Waals surface area contributed by atoms with E-state index in [4.69, 9.17) is 0 Å². The maximum absolute atomic E-state index is 13.1. The largest absolute Gasteiger partial charge is 0.378 e. The van der Waals surface area contributed by atoms with E-state index in [0.29, 0.717) is 31.5 Å². The minimum Gasteiger partial charge on any atom is -0.378 e. The highest BCUT2D eigenvalue weighted by Gasteiger charge is 2.29. The summed E-state index contributed by atoms with van der Waals surface area (Å²) in [5, 5.41) is 5.64. The minimum absolute atomic E-state index is 0.0737. The Morgan fingerprint density at radius 2 is 1.79 bits per heavy atom. The molecule has 0 fully saturated rings. The first kappa shape index (κ1) is 24.7. The van der Waals surface area contributed by atoms with E-state index in [2.05, 4.69) is 15.4 Å². The van der Waals surface area contributed by atoms with Crippen molar-refractivity contribution in [2.24, 2.45) is 5.92 Å². The zero-order valence-electron chi connectivity index (χ0n) is 19.5. The number of benzene rings is 2. The Morgan fingerprint density at radius 1 is 1.09 bits per heavy atom. The minimum atomic E-state index is -3.94. The number of hydrogen-bond acceptors (Lipinski definition) is 5. The topological polar surface area (TPSA) is 108 Å². The molecule has 2 aromatic carbocycles. The number of carbonyl (C=O) groups is 2. The van der Waals surface area contributed by atoms with E-state index in [0.717, 1.165) is 16.8 Å². The van der Waals surface area contributed by atoms with E-state index in [9.17, 15) is 18.0 Å². The quantitative estimate of drug-likeness (QED) is 0.548. The fourth-order valence-electron chi connectivity index (χ4n) is 3.66. The summed E-state index contributed by atoms with van der Waals surface area (Å²) in [6.07, 6.45) is 1.67. The van der Waals surface area contributed by atoms with Crippen molar-refractivity contribution in [1.29, 1.82) is 0 Å². The van der Waals surface area contributed by atoms with Crippen LogP contribution in [0.15, 0.2) is 47.4 Å². The predicted molar refractivity (Wildman–Crippen MR) is 130 cm³/mol. The third kappa shape index (κ3) is 6.33. The Labute approximate surface area is 195 Å². The van der Waals surface area contributed by atoms with Crippen molar-refractivity contribution in [3.05, 3.63) is 53.6 Å². The Morgan fingerprint density at radius 3 is 2.42 bits per heavy atom. The van der Waals surface area contributed by atoms with E-state index >= 15 is 0 Å². The van der Waals surface area contributed by atoms with Crippen LogP contribution in [0.4, 0.5) is 11.4 Å². The van der Waals surface area contributed by atoms with Gasteiger partial charge in [0, 0.05) is 38.4 Å². The second-order valence-corrected chi connectivity index (χ2v) is 10.6.